The maximum Gasteiger partial charge on any atom is 0.220 e. The number of aromatic nitrogens is 2. The van der Waals surface area contributed by atoms with Crippen LogP contribution in [0.25, 0.3) is 0 Å². The molecular formula is C10H8ClN3O2. The molecule has 0 aliphatic carbocycles. The summed E-state index contributed by atoms with van der Waals surface area (Å²) in [6, 6.07) is 5.00. The summed E-state index contributed by atoms with van der Waals surface area (Å²) in [5.41, 5.74) is 0.465. The number of aryl methyl sites for hydroxylation is 1. The van der Waals surface area contributed by atoms with Crippen molar-refractivity contribution in [1.29, 1.82) is 0 Å². The first-order chi connectivity index (χ1) is 7.72. The summed E-state index contributed by atoms with van der Waals surface area (Å²) in [4.78, 5) is 16.2. The number of carbonyl (C=O) groups excluding carboxylic acids is 1. The average molecular weight is 238 g/mol. The van der Waals surface area contributed by atoms with E-state index in [2.05, 4.69) is 10.1 Å². The molecule has 0 N–H and O–H groups in total. The lowest BCUT2D eigenvalue weighted by atomic mass is 10.3. The molecule has 2 heterocycles. The van der Waals surface area contributed by atoms with Gasteiger partial charge in [0.1, 0.15) is 5.76 Å². The van der Waals surface area contributed by atoms with Gasteiger partial charge in [0.25, 0.3) is 0 Å². The van der Waals surface area contributed by atoms with Gasteiger partial charge in [-0.1, -0.05) is 16.8 Å². The van der Waals surface area contributed by atoms with Crippen molar-refractivity contribution in [3.05, 3.63) is 35.3 Å². The Labute approximate surface area is 96.6 Å². The van der Waals surface area contributed by atoms with E-state index < -0.39 is 0 Å². The molecule has 0 radical (unpaired) electrons. The van der Waals surface area contributed by atoms with Crippen molar-refractivity contribution in [2.24, 2.45) is 0 Å². The van der Waals surface area contributed by atoms with Gasteiger partial charge in [-0.15, -0.1) is 0 Å². The van der Waals surface area contributed by atoms with E-state index in [0.717, 1.165) is 0 Å². The van der Waals surface area contributed by atoms with Crippen LogP contribution < -0.4 is 4.90 Å². The molecule has 1 amide bonds. The van der Waals surface area contributed by atoms with Crippen LogP contribution in [0.5, 0.6) is 0 Å². The van der Waals surface area contributed by atoms with Gasteiger partial charge >= 0.3 is 0 Å². The topological polar surface area (TPSA) is 59.2 Å². The number of anilines is 2. The number of hydrogen-bond acceptors (Lipinski definition) is 4. The fourth-order valence-electron chi connectivity index (χ4n) is 1.26. The molecule has 16 heavy (non-hydrogen) atoms. The van der Waals surface area contributed by atoms with E-state index >= 15 is 0 Å². The highest BCUT2D eigenvalue weighted by Gasteiger charge is 2.15. The van der Waals surface area contributed by atoms with E-state index in [4.69, 9.17) is 16.1 Å². The Morgan fingerprint density at radius 2 is 2.38 bits per heavy atom. The highest BCUT2D eigenvalue weighted by Crippen LogP contribution is 2.28. The molecule has 0 saturated heterocycles. The Balaban J connectivity index is 2.44. The molecule has 0 saturated carbocycles. The third-order valence-electron chi connectivity index (χ3n) is 1.97. The lowest BCUT2D eigenvalue weighted by molar-refractivity contribution is -0.106. The number of rotatable bonds is 3. The predicted octanol–water partition coefficient (Wildman–Crippen LogP) is 2.33. The molecule has 2 aromatic heterocycles. The Morgan fingerprint density at radius 1 is 1.56 bits per heavy atom. The van der Waals surface area contributed by atoms with Crippen LogP contribution in [0.3, 0.4) is 0 Å². The third-order valence-corrected chi connectivity index (χ3v) is 2.26. The molecule has 2 aromatic rings. The van der Waals surface area contributed by atoms with Crippen LogP contribution in [-0.4, -0.2) is 16.6 Å². The van der Waals surface area contributed by atoms with E-state index in [-0.39, 0.29) is 5.15 Å². The second-order valence-corrected chi connectivity index (χ2v) is 3.44. The van der Waals surface area contributed by atoms with Gasteiger partial charge in [0.05, 0.1) is 5.69 Å². The van der Waals surface area contributed by atoms with E-state index in [0.29, 0.717) is 23.7 Å². The van der Waals surface area contributed by atoms with Crippen molar-refractivity contribution in [3.63, 3.8) is 0 Å². The Hall–Kier alpha value is -1.88. The number of pyridine rings is 1. The van der Waals surface area contributed by atoms with Crippen molar-refractivity contribution in [2.45, 2.75) is 6.92 Å². The van der Waals surface area contributed by atoms with Crippen molar-refractivity contribution >= 4 is 29.5 Å². The summed E-state index contributed by atoms with van der Waals surface area (Å²) in [7, 11) is 0. The van der Waals surface area contributed by atoms with Crippen molar-refractivity contribution < 1.29 is 9.32 Å². The minimum atomic E-state index is 0.232. The summed E-state index contributed by atoms with van der Waals surface area (Å²) >= 11 is 5.88. The Bertz CT molecular complexity index is 512. The summed E-state index contributed by atoms with van der Waals surface area (Å²) in [6.45, 7) is 1.74. The Kier molecular flexibility index (Phi) is 2.87. The summed E-state index contributed by atoms with van der Waals surface area (Å²) in [5.74, 6) is 0.990. The lowest BCUT2D eigenvalue weighted by Gasteiger charge is -2.13. The van der Waals surface area contributed by atoms with Crippen molar-refractivity contribution in [2.75, 3.05) is 4.90 Å². The third kappa shape index (κ3) is 1.90. The minimum Gasteiger partial charge on any atom is -0.360 e. The van der Waals surface area contributed by atoms with Gasteiger partial charge < -0.3 is 4.52 Å². The van der Waals surface area contributed by atoms with Gasteiger partial charge in [0.2, 0.25) is 6.41 Å². The van der Waals surface area contributed by atoms with Gasteiger partial charge in [-0.2, -0.15) is 0 Å². The number of amides is 1. The Morgan fingerprint density at radius 3 is 2.94 bits per heavy atom. The molecule has 2 rings (SSSR count). The second kappa shape index (κ2) is 4.32. The fraction of sp³-hybridized carbons (Fsp3) is 0.100. The number of carbonyl (C=O) groups is 1. The van der Waals surface area contributed by atoms with Crippen LogP contribution in [-0.2, 0) is 4.79 Å². The summed E-state index contributed by atoms with van der Waals surface area (Å²) in [5, 5.41) is 3.97. The van der Waals surface area contributed by atoms with E-state index in [1.165, 1.54) is 4.90 Å². The predicted molar refractivity (Wildman–Crippen MR) is 58.7 cm³/mol. The quantitative estimate of drug-likeness (QED) is 0.607. The molecule has 0 atom stereocenters. The maximum absolute atomic E-state index is 11.0. The molecule has 6 heteroatoms. The first-order valence-electron chi connectivity index (χ1n) is 4.50. The smallest absolute Gasteiger partial charge is 0.220 e. The molecule has 0 bridgehead atoms. The van der Waals surface area contributed by atoms with Gasteiger partial charge in [-0.05, 0) is 19.1 Å². The zero-order valence-corrected chi connectivity index (χ0v) is 9.18. The van der Waals surface area contributed by atoms with Crippen molar-refractivity contribution in [1.82, 2.24) is 10.1 Å². The largest absolute Gasteiger partial charge is 0.360 e. The van der Waals surface area contributed by atoms with Crippen LogP contribution in [0.2, 0.25) is 5.15 Å². The van der Waals surface area contributed by atoms with E-state index in [1.54, 1.807) is 31.3 Å². The molecular weight excluding hydrogens is 230 g/mol. The minimum absolute atomic E-state index is 0.232. The van der Waals surface area contributed by atoms with Gasteiger partial charge in [-0.3, -0.25) is 9.69 Å². The van der Waals surface area contributed by atoms with Crippen LogP contribution in [0.1, 0.15) is 5.76 Å². The molecule has 0 aliphatic heterocycles. The van der Waals surface area contributed by atoms with Crippen molar-refractivity contribution in [3.8, 4) is 0 Å². The first kappa shape index (κ1) is 10.6. The molecule has 0 unspecified atom stereocenters. The van der Waals surface area contributed by atoms with Crippen LogP contribution >= 0.6 is 11.6 Å². The molecule has 82 valence electrons. The fourth-order valence-corrected chi connectivity index (χ4v) is 1.47. The van der Waals surface area contributed by atoms with Crippen LogP contribution in [0.15, 0.2) is 28.9 Å². The normalized spacial score (nSPS) is 10.1. The van der Waals surface area contributed by atoms with Gasteiger partial charge in [-0.25, -0.2) is 4.98 Å². The second-order valence-electron chi connectivity index (χ2n) is 3.08. The molecule has 5 nitrogen and oxygen atoms in total. The zero-order chi connectivity index (χ0) is 11.5. The highest BCUT2D eigenvalue weighted by molar-refractivity contribution is 6.32. The van der Waals surface area contributed by atoms with Gasteiger partial charge in [0, 0.05) is 12.3 Å². The number of hydrogen-bond donors (Lipinski definition) is 0. The SMILES string of the molecule is Cc1cc(N(C=O)c2cccnc2Cl)no1. The zero-order valence-electron chi connectivity index (χ0n) is 8.42. The first-order valence-corrected chi connectivity index (χ1v) is 4.88. The molecule has 0 spiro atoms. The highest BCUT2D eigenvalue weighted by atomic mass is 35.5. The lowest BCUT2D eigenvalue weighted by Crippen LogP contribution is -2.15. The van der Waals surface area contributed by atoms with E-state index in [1.807, 2.05) is 0 Å². The number of halogens is 1. The van der Waals surface area contributed by atoms with Crippen LogP contribution in [0.4, 0.5) is 11.5 Å². The average Bonchev–Trinajstić information content (AvgIpc) is 2.69. The van der Waals surface area contributed by atoms with Gasteiger partial charge in [0.15, 0.2) is 11.0 Å². The maximum atomic E-state index is 11.0. The monoisotopic (exact) mass is 237 g/mol. The van der Waals surface area contributed by atoms with Crippen LogP contribution in [0, 0.1) is 6.92 Å². The summed E-state index contributed by atoms with van der Waals surface area (Å²) < 4.78 is 4.89. The number of nitrogens with zero attached hydrogens (tertiary/aromatic N) is 3. The van der Waals surface area contributed by atoms with E-state index in [9.17, 15) is 4.79 Å². The molecule has 0 aromatic carbocycles. The summed E-state index contributed by atoms with van der Waals surface area (Å²) in [6.07, 6.45) is 2.16. The molecule has 0 fully saturated rings. The standard InChI is InChI=1S/C10H8ClN3O2/c1-7-5-9(13-16-7)14(6-15)8-3-2-4-12-10(8)11/h2-6H,1H3. The molecule has 0 aliphatic rings.